The fraction of sp³-hybridized carbons (Fsp3) is 0.706. The molecule has 0 saturated heterocycles. The van der Waals surface area contributed by atoms with E-state index in [-0.39, 0.29) is 0 Å². The number of aromatic nitrogens is 1. The van der Waals surface area contributed by atoms with Gasteiger partial charge in [0.2, 0.25) is 0 Å². The summed E-state index contributed by atoms with van der Waals surface area (Å²) in [6.07, 6.45) is 0. The van der Waals surface area contributed by atoms with E-state index >= 15 is 0 Å². The van der Waals surface area contributed by atoms with Crippen LogP contribution < -0.4 is 16.0 Å². The Morgan fingerprint density at radius 2 is 1.38 bits per heavy atom. The van der Waals surface area contributed by atoms with Gasteiger partial charge in [-0.1, -0.05) is 33.8 Å². The van der Waals surface area contributed by atoms with E-state index in [2.05, 4.69) is 61.8 Å². The van der Waals surface area contributed by atoms with Gasteiger partial charge in [0, 0.05) is 38.3 Å². The normalized spacial score (nSPS) is 24.7. The van der Waals surface area contributed by atoms with Crippen LogP contribution in [-0.4, -0.2) is 30.2 Å². The zero-order valence-corrected chi connectivity index (χ0v) is 13.8. The van der Waals surface area contributed by atoms with Gasteiger partial charge in [0.25, 0.3) is 0 Å². The summed E-state index contributed by atoms with van der Waals surface area (Å²) in [6, 6.07) is 7.27. The van der Waals surface area contributed by atoms with Crippen LogP contribution in [0.5, 0.6) is 0 Å². The Kier molecular flexibility index (Phi) is 6.15. The highest BCUT2D eigenvalue weighted by Gasteiger charge is 2.17. The molecular weight excluding hydrogens is 260 g/mol. The second kappa shape index (κ2) is 7.87. The number of nitrogens with one attached hydrogen (secondary N) is 3. The summed E-state index contributed by atoms with van der Waals surface area (Å²) < 4.78 is 0. The molecule has 21 heavy (non-hydrogen) atoms. The van der Waals surface area contributed by atoms with Crippen LogP contribution in [0.4, 0.5) is 0 Å². The number of rotatable bonds is 2. The average molecular weight is 290 g/mol. The summed E-state index contributed by atoms with van der Waals surface area (Å²) >= 11 is 0. The fourth-order valence-electron chi connectivity index (χ4n) is 2.68. The van der Waals surface area contributed by atoms with E-state index in [0.717, 1.165) is 37.6 Å². The number of pyridine rings is 1. The summed E-state index contributed by atoms with van der Waals surface area (Å²) in [6.45, 7) is 12.8. The second-order valence-electron chi connectivity index (χ2n) is 6.74. The first-order chi connectivity index (χ1) is 10.1. The van der Waals surface area contributed by atoms with Gasteiger partial charge in [-0.2, -0.15) is 0 Å². The molecule has 0 unspecified atom stereocenters. The van der Waals surface area contributed by atoms with Crippen molar-refractivity contribution >= 4 is 0 Å². The molecule has 4 nitrogen and oxygen atoms in total. The van der Waals surface area contributed by atoms with E-state index in [1.54, 1.807) is 0 Å². The van der Waals surface area contributed by atoms with E-state index in [1.165, 1.54) is 0 Å². The molecule has 0 aliphatic carbocycles. The summed E-state index contributed by atoms with van der Waals surface area (Å²) in [5.74, 6) is 1.21. The van der Waals surface area contributed by atoms with Gasteiger partial charge in [-0.15, -0.1) is 0 Å². The molecule has 0 aromatic carbocycles. The summed E-state index contributed by atoms with van der Waals surface area (Å²) in [7, 11) is 0. The summed E-state index contributed by atoms with van der Waals surface area (Å²) in [5.41, 5.74) is 2.25. The number of hydrogen-bond donors (Lipinski definition) is 3. The topological polar surface area (TPSA) is 49.0 Å². The third kappa shape index (κ3) is 5.06. The van der Waals surface area contributed by atoms with E-state index in [0.29, 0.717) is 23.9 Å². The summed E-state index contributed by atoms with van der Waals surface area (Å²) in [5, 5.41) is 10.9. The lowest BCUT2D eigenvalue weighted by Crippen LogP contribution is -2.48. The Labute approximate surface area is 129 Å². The van der Waals surface area contributed by atoms with Gasteiger partial charge in [-0.25, -0.2) is 0 Å². The predicted octanol–water partition coefficient (Wildman–Crippen LogP) is 1.91. The first kappa shape index (κ1) is 16.4. The van der Waals surface area contributed by atoms with Crippen molar-refractivity contribution in [2.75, 3.05) is 13.1 Å². The monoisotopic (exact) mass is 290 g/mol. The Bertz CT molecular complexity index is 395. The van der Waals surface area contributed by atoms with Gasteiger partial charge < -0.3 is 16.0 Å². The third-order valence-electron chi connectivity index (χ3n) is 4.29. The van der Waals surface area contributed by atoms with Crippen molar-refractivity contribution in [3.63, 3.8) is 0 Å². The van der Waals surface area contributed by atoms with Crippen molar-refractivity contribution in [3.05, 3.63) is 29.6 Å². The Morgan fingerprint density at radius 3 is 1.81 bits per heavy atom. The standard InChI is InChI=1S/C17H30N4/c1-12(2)16-10-18-11-17(13(3)4)20-9-15-7-5-6-14(21-15)8-19-16/h5-7,12-13,16-20H,8-11H2,1-4H3/t16-,17-/m1/s1. The molecule has 2 bridgehead atoms. The van der Waals surface area contributed by atoms with Crippen molar-refractivity contribution in [2.24, 2.45) is 11.8 Å². The number of nitrogens with zero attached hydrogens (tertiary/aromatic N) is 1. The van der Waals surface area contributed by atoms with Crippen LogP contribution in [-0.2, 0) is 13.1 Å². The van der Waals surface area contributed by atoms with Crippen molar-refractivity contribution in [2.45, 2.75) is 52.9 Å². The Balaban J connectivity index is 2.13. The molecule has 2 rings (SSSR count). The van der Waals surface area contributed by atoms with Gasteiger partial charge in [-0.05, 0) is 24.0 Å². The highest BCUT2D eigenvalue weighted by molar-refractivity contribution is 5.11. The molecule has 0 fully saturated rings. The maximum atomic E-state index is 4.75. The first-order valence-electron chi connectivity index (χ1n) is 8.18. The maximum absolute atomic E-state index is 4.75. The number of hydrogen-bond acceptors (Lipinski definition) is 4. The van der Waals surface area contributed by atoms with Crippen molar-refractivity contribution in [1.82, 2.24) is 20.9 Å². The minimum absolute atomic E-state index is 0.475. The van der Waals surface area contributed by atoms with Gasteiger partial charge in [0.1, 0.15) is 0 Å². The van der Waals surface area contributed by atoms with Crippen LogP contribution in [0.25, 0.3) is 0 Å². The van der Waals surface area contributed by atoms with E-state index in [9.17, 15) is 0 Å². The molecule has 1 aliphatic rings. The second-order valence-corrected chi connectivity index (χ2v) is 6.74. The molecule has 1 aromatic heterocycles. The largest absolute Gasteiger partial charge is 0.314 e. The highest BCUT2D eigenvalue weighted by atomic mass is 15.0. The van der Waals surface area contributed by atoms with Crippen LogP contribution >= 0.6 is 0 Å². The lowest BCUT2D eigenvalue weighted by atomic mass is 10.0. The Morgan fingerprint density at radius 1 is 0.905 bits per heavy atom. The van der Waals surface area contributed by atoms with Crippen LogP contribution in [0.1, 0.15) is 39.1 Å². The van der Waals surface area contributed by atoms with Gasteiger partial charge in [0.15, 0.2) is 0 Å². The maximum Gasteiger partial charge on any atom is 0.0545 e. The minimum Gasteiger partial charge on any atom is -0.314 e. The van der Waals surface area contributed by atoms with Crippen LogP contribution in [0, 0.1) is 11.8 Å². The van der Waals surface area contributed by atoms with Crippen molar-refractivity contribution in [1.29, 1.82) is 0 Å². The molecule has 2 heterocycles. The molecule has 1 aliphatic heterocycles. The van der Waals surface area contributed by atoms with E-state index in [1.807, 2.05) is 0 Å². The highest BCUT2D eigenvalue weighted by Crippen LogP contribution is 2.07. The minimum atomic E-state index is 0.475. The van der Waals surface area contributed by atoms with Gasteiger partial charge in [0.05, 0.1) is 11.4 Å². The first-order valence-corrected chi connectivity index (χ1v) is 8.18. The van der Waals surface area contributed by atoms with E-state index < -0.39 is 0 Å². The zero-order chi connectivity index (χ0) is 15.2. The predicted molar refractivity (Wildman–Crippen MR) is 88.0 cm³/mol. The van der Waals surface area contributed by atoms with Gasteiger partial charge in [-0.3, -0.25) is 4.98 Å². The lowest BCUT2D eigenvalue weighted by molar-refractivity contribution is 0.334. The molecule has 2 atom stereocenters. The van der Waals surface area contributed by atoms with Crippen LogP contribution in [0.2, 0.25) is 0 Å². The van der Waals surface area contributed by atoms with Crippen LogP contribution in [0.3, 0.4) is 0 Å². The van der Waals surface area contributed by atoms with E-state index in [4.69, 9.17) is 4.98 Å². The molecule has 3 N–H and O–H groups in total. The van der Waals surface area contributed by atoms with Gasteiger partial charge >= 0.3 is 0 Å². The summed E-state index contributed by atoms with van der Waals surface area (Å²) in [4.78, 5) is 4.75. The molecular formula is C17H30N4. The van der Waals surface area contributed by atoms with Crippen molar-refractivity contribution < 1.29 is 0 Å². The SMILES string of the molecule is CC(C)[C@H]1CNC[C@H](C(C)C)NCc2cccc(n2)CN1. The lowest BCUT2D eigenvalue weighted by Gasteiger charge is -2.27. The smallest absolute Gasteiger partial charge is 0.0545 e. The van der Waals surface area contributed by atoms with Crippen LogP contribution in [0.15, 0.2) is 18.2 Å². The molecule has 1 aromatic rings. The molecule has 0 spiro atoms. The quantitative estimate of drug-likeness (QED) is 0.779. The third-order valence-corrected chi connectivity index (χ3v) is 4.29. The molecule has 0 amide bonds. The molecule has 0 radical (unpaired) electrons. The molecule has 4 heteroatoms. The fourth-order valence-corrected chi connectivity index (χ4v) is 2.68. The van der Waals surface area contributed by atoms with Crippen molar-refractivity contribution in [3.8, 4) is 0 Å². The Hall–Kier alpha value is -0.970. The molecule has 0 saturated carbocycles. The molecule has 118 valence electrons. The number of fused-ring (bicyclic) bond motifs is 2. The zero-order valence-electron chi connectivity index (χ0n) is 13.8. The average Bonchev–Trinajstić information content (AvgIpc) is 2.44.